The largest absolute Gasteiger partial charge is 0.491 e. The number of methoxy groups -OCH3 is 1. The smallest absolute Gasteiger partial charge is 0.337 e. The third-order valence-corrected chi connectivity index (χ3v) is 3.99. The van der Waals surface area contributed by atoms with Crippen LogP contribution in [0, 0.1) is 0 Å². The van der Waals surface area contributed by atoms with Gasteiger partial charge in [-0.3, -0.25) is 0 Å². The molecule has 0 aliphatic carbocycles. The molecule has 0 aromatic heterocycles. The number of hydrogen-bond donors (Lipinski definition) is 1. The fraction of sp³-hybridized carbons (Fsp3) is 0.611. The average molecular weight is 338 g/mol. The number of nitrogens with one attached hydrogen (secondary N) is 1. The van der Waals surface area contributed by atoms with Gasteiger partial charge in [0, 0.05) is 0 Å². The van der Waals surface area contributed by atoms with Gasteiger partial charge >= 0.3 is 5.97 Å². The minimum atomic E-state index is -0.348. The zero-order valence-corrected chi connectivity index (χ0v) is 14.7. The first-order valence-corrected chi connectivity index (χ1v) is 8.46. The Morgan fingerprint density at radius 1 is 1.12 bits per heavy atom. The summed E-state index contributed by atoms with van der Waals surface area (Å²) in [5.41, 5.74) is 0.512. The summed E-state index contributed by atoms with van der Waals surface area (Å²) in [4.78, 5) is 12.9. The number of benzene rings is 1. The quantitative estimate of drug-likeness (QED) is 0.554. The molecule has 2 rings (SSSR count). The lowest BCUT2D eigenvalue weighted by atomic mass is 10.2. The molecule has 1 aromatic carbocycles. The first kappa shape index (κ1) is 18.7. The van der Waals surface area contributed by atoms with Crippen LogP contribution in [0.25, 0.3) is 0 Å². The minimum absolute atomic E-state index is 0.319. The Balaban J connectivity index is 1.57. The molecule has 1 N–H and O–H groups in total. The highest BCUT2D eigenvalue weighted by Gasteiger charge is 2.24. The lowest BCUT2D eigenvalue weighted by molar-refractivity contribution is -0.915. The second-order valence-electron chi connectivity index (χ2n) is 6.14. The zero-order valence-electron chi connectivity index (χ0n) is 14.7. The van der Waals surface area contributed by atoms with Crippen LogP contribution >= 0.6 is 0 Å². The molecular formula is C18H28NO5+. The van der Waals surface area contributed by atoms with Gasteiger partial charge in [-0.05, 0) is 38.1 Å². The molecule has 1 aliphatic heterocycles. The first-order chi connectivity index (χ1) is 11.6. The summed E-state index contributed by atoms with van der Waals surface area (Å²) >= 11 is 0. The molecule has 134 valence electrons. The van der Waals surface area contributed by atoms with Gasteiger partial charge in [-0.25, -0.2) is 4.79 Å². The number of carbonyl (C=O) groups is 1. The van der Waals surface area contributed by atoms with Crippen molar-refractivity contribution in [3.63, 3.8) is 0 Å². The number of rotatable bonds is 8. The van der Waals surface area contributed by atoms with E-state index in [0.29, 0.717) is 36.7 Å². The van der Waals surface area contributed by atoms with Crippen molar-refractivity contribution in [2.75, 3.05) is 46.6 Å². The van der Waals surface area contributed by atoms with Gasteiger partial charge in [0.25, 0.3) is 0 Å². The molecule has 1 heterocycles. The van der Waals surface area contributed by atoms with Gasteiger partial charge < -0.3 is 23.8 Å². The van der Waals surface area contributed by atoms with Crippen molar-refractivity contribution in [2.24, 2.45) is 0 Å². The Bertz CT molecular complexity index is 495. The first-order valence-electron chi connectivity index (χ1n) is 8.46. The Hall–Kier alpha value is -1.63. The maximum atomic E-state index is 11.3. The van der Waals surface area contributed by atoms with Crippen LogP contribution in [0.5, 0.6) is 5.75 Å². The second kappa shape index (κ2) is 9.61. The molecule has 1 aromatic rings. The van der Waals surface area contributed by atoms with Gasteiger partial charge in [0.2, 0.25) is 0 Å². The Morgan fingerprint density at radius 3 is 2.42 bits per heavy atom. The summed E-state index contributed by atoms with van der Waals surface area (Å²) in [6, 6.07) is 6.89. The van der Waals surface area contributed by atoms with E-state index in [4.69, 9.17) is 14.2 Å². The molecule has 0 radical (unpaired) electrons. The van der Waals surface area contributed by atoms with Gasteiger partial charge in [-0.2, -0.15) is 0 Å². The third kappa shape index (κ3) is 6.11. The lowest BCUT2D eigenvalue weighted by Gasteiger charge is -2.32. The summed E-state index contributed by atoms with van der Waals surface area (Å²) in [6.07, 6.45) is 0.639. The molecule has 24 heavy (non-hydrogen) atoms. The standard InChI is InChI=1S/C18H27NO5/c1-14-12-19(13-15(2)24-14)8-9-22-10-11-23-17-6-4-16(5-7-17)18(20)21-3/h4-7,14-15H,8-13H2,1-3H3/p+1/t14-,15-/m1/s1. The average Bonchev–Trinajstić information content (AvgIpc) is 2.57. The van der Waals surface area contributed by atoms with E-state index in [1.165, 1.54) is 12.0 Å². The number of carbonyl (C=O) groups excluding carboxylic acids is 1. The number of esters is 1. The highest BCUT2D eigenvalue weighted by molar-refractivity contribution is 5.89. The molecule has 6 heteroatoms. The van der Waals surface area contributed by atoms with Crippen molar-refractivity contribution >= 4 is 5.97 Å². The van der Waals surface area contributed by atoms with Crippen molar-refractivity contribution in [3.8, 4) is 5.75 Å². The van der Waals surface area contributed by atoms with Crippen LogP contribution in [0.4, 0.5) is 0 Å². The van der Waals surface area contributed by atoms with E-state index in [9.17, 15) is 4.79 Å². The molecule has 1 saturated heterocycles. The van der Waals surface area contributed by atoms with Crippen LogP contribution in [0.15, 0.2) is 24.3 Å². The van der Waals surface area contributed by atoms with Crippen LogP contribution in [-0.4, -0.2) is 64.7 Å². The fourth-order valence-corrected chi connectivity index (χ4v) is 2.94. The molecule has 0 bridgehead atoms. The van der Waals surface area contributed by atoms with Crippen LogP contribution in [0.1, 0.15) is 24.2 Å². The molecule has 1 aliphatic rings. The van der Waals surface area contributed by atoms with Crippen molar-refractivity contribution in [2.45, 2.75) is 26.1 Å². The van der Waals surface area contributed by atoms with E-state index >= 15 is 0 Å². The lowest BCUT2D eigenvalue weighted by Crippen LogP contribution is -3.15. The van der Waals surface area contributed by atoms with Gasteiger partial charge in [-0.15, -0.1) is 0 Å². The van der Waals surface area contributed by atoms with Gasteiger partial charge in [0.05, 0.1) is 25.9 Å². The maximum Gasteiger partial charge on any atom is 0.337 e. The van der Waals surface area contributed by atoms with Crippen LogP contribution in [0.3, 0.4) is 0 Å². The fourth-order valence-electron chi connectivity index (χ4n) is 2.94. The predicted octanol–water partition coefficient (Wildman–Crippen LogP) is 0.561. The molecular weight excluding hydrogens is 310 g/mol. The Kier molecular flexibility index (Phi) is 7.49. The second-order valence-corrected chi connectivity index (χ2v) is 6.14. The topological polar surface area (TPSA) is 58.4 Å². The summed E-state index contributed by atoms with van der Waals surface area (Å²) in [5, 5.41) is 0. The molecule has 0 amide bonds. The molecule has 0 saturated carbocycles. The summed E-state index contributed by atoms with van der Waals surface area (Å²) in [7, 11) is 1.37. The SMILES string of the molecule is COC(=O)c1ccc(OCCOCC[NH+]2C[C@@H](C)O[C@H](C)C2)cc1. The van der Waals surface area contributed by atoms with Crippen molar-refractivity contribution in [1.29, 1.82) is 0 Å². The van der Waals surface area contributed by atoms with Gasteiger partial charge in [0.1, 0.15) is 44.2 Å². The Labute approximate surface area is 143 Å². The van der Waals surface area contributed by atoms with Crippen LogP contribution < -0.4 is 9.64 Å². The van der Waals surface area contributed by atoms with Crippen molar-refractivity contribution < 1.29 is 28.6 Å². The highest BCUT2D eigenvalue weighted by atomic mass is 16.5. The van der Waals surface area contributed by atoms with Crippen molar-refractivity contribution in [3.05, 3.63) is 29.8 Å². The molecule has 0 spiro atoms. The number of ether oxygens (including phenoxy) is 4. The van der Waals surface area contributed by atoms with E-state index in [0.717, 1.165) is 26.2 Å². The number of morpholine rings is 1. The van der Waals surface area contributed by atoms with Crippen molar-refractivity contribution in [1.82, 2.24) is 0 Å². The third-order valence-electron chi connectivity index (χ3n) is 3.99. The summed E-state index contributed by atoms with van der Waals surface area (Å²) < 4.78 is 21.6. The van der Waals surface area contributed by atoms with E-state index < -0.39 is 0 Å². The van der Waals surface area contributed by atoms with Crippen LogP contribution in [0.2, 0.25) is 0 Å². The Morgan fingerprint density at radius 2 is 1.79 bits per heavy atom. The monoisotopic (exact) mass is 338 g/mol. The molecule has 1 fully saturated rings. The van der Waals surface area contributed by atoms with E-state index in [2.05, 4.69) is 18.6 Å². The van der Waals surface area contributed by atoms with E-state index in [1.807, 2.05) is 0 Å². The number of quaternary nitrogens is 1. The predicted molar refractivity (Wildman–Crippen MR) is 89.7 cm³/mol. The minimum Gasteiger partial charge on any atom is -0.491 e. The van der Waals surface area contributed by atoms with Gasteiger partial charge in [0.15, 0.2) is 0 Å². The van der Waals surface area contributed by atoms with Crippen LogP contribution in [-0.2, 0) is 14.2 Å². The normalized spacial score (nSPS) is 23.7. The van der Waals surface area contributed by atoms with Gasteiger partial charge in [-0.1, -0.05) is 0 Å². The summed E-state index contributed by atoms with van der Waals surface area (Å²) in [5.74, 6) is 0.367. The zero-order chi connectivity index (χ0) is 17.4. The molecule has 2 atom stereocenters. The van der Waals surface area contributed by atoms with E-state index in [-0.39, 0.29) is 5.97 Å². The highest BCUT2D eigenvalue weighted by Crippen LogP contribution is 2.12. The summed E-state index contributed by atoms with van der Waals surface area (Å²) in [6.45, 7) is 9.07. The molecule has 0 unspecified atom stereocenters. The molecule has 6 nitrogen and oxygen atoms in total. The van der Waals surface area contributed by atoms with E-state index in [1.54, 1.807) is 24.3 Å². The maximum absolute atomic E-state index is 11.3. The number of hydrogen-bond acceptors (Lipinski definition) is 5.